The Morgan fingerprint density at radius 2 is 1.78 bits per heavy atom. The van der Waals surface area contributed by atoms with Gasteiger partial charge in [-0.1, -0.05) is 65.7 Å². The number of rotatable bonds is 5. The molecular formula is C24H20BrNO. The molecule has 0 fully saturated rings. The molecule has 2 nitrogen and oxygen atoms in total. The van der Waals surface area contributed by atoms with E-state index in [2.05, 4.69) is 47.1 Å². The zero-order valence-corrected chi connectivity index (χ0v) is 17.0. The molecule has 3 aromatic rings. The minimum Gasteiger partial charge on any atom is -0.488 e. The van der Waals surface area contributed by atoms with Crippen molar-refractivity contribution in [1.82, 2.24) is 0 Å². The average Bonchev–Trinajstić information content (AvgIpc) is 2.66. The van der Waals surface area contributed by atoms with E-state index in [0.29, 0.717) is 12.2 Å². The highest BCUT2D eigenvalue weighted by molar-refractivity contribution is 9.10. The summed E-state index contributed by atoms with van der Waals surface area (Å²) in [5, 5.41) is 9.51. The lowest BCUT2D eigenvalue weighted by Crippen LogP contribution is -1.96. The van der Waals surface area contributed by atoms with Crippen LogP contribution in [0.3, 0.4) is 0 Å². The fourth-order valence-electron chi connectivity index (χ4n) is 2.77. The summed E-state index contributed by atoms with van der Waals surface area (Å²) in [6.45, 7) is 4.62. The lowest BCUT2D eigenvalue weighted by molar-refractivity contribution is 0.304. The Morgan fingerprint density at radius 3 is 2.44 bits per heavy atom. The minimum atomic E-state index is 0.516. The number of hydrogen-bond donors (Lipinski definition) is 0. The fraction of sp³-hybridized carbons (Fsp3) is 0.125. The van der Waals surface area contributed by atoms with E-state index in [1.165, 1.54) is 11.1 Å². The number of benzene rings is 3. The Balaban J connectivity index is 1.77. The molecule has 0 heterocycles. The quantitative estimate of drug-likeness (QED) is 0.341. The van der Waals surface area contributed by atoms with Gasteiger partial charge in [-0.05, 0) is 64.7 Å². The smallest absolute Gasteiger partial charge is 0.134 e. The minimum absolute atomic E-state index is 0.516. The predicted molar refractivity (Wildman–Crippen MR) is 114 cm³/mol. The normalized spacial score (nSPS) is 11.1. The van der Waals surface area contributed by atoms with Gasteiger partial charge in [-0.25, -0.2) is 0 Å². The second kappa shape index (κ2) is 8.70. The number of allylic oxidation sites excluding steroid dienone is 1. The summed E-state index contributed by atoms with van der Waals surface area (Å²) in [4.78, 5) is 0. The summed E-state index contributed by atoms with van der Waals surface area (Å²) in [6.07, 6.45) is 1.89. The van der Waals surface area contributed by atoms with Gasteiger partial charge in [0.1, 0.15) is 12.4 Å². The molecule has 0 radical (unpaired) electrons. The van der Waals surface area contributed by atoms with Crippen LogP contribution in [0.5, 0.6) is 5.75 Å². The van der Waals surface area contributed by atoms with Crippen molar-refractivity contribution in [2.75, 3.05) is 0 Å². The molecular weight excluding hydrogens is 398 g/mol. The number of nitriles is 1. The molecule has 0 saturated heterocycles. The molecule has 0 aliphatic heterocycles. The van der Waals surface area contributed by atoms with E-state index in [0.717, 1.165) is 26.9 Å². The van der Waals surface area contributed by atoms with E-state index >= 15 is 0 Å². The van der Waals surface area contributed by atoms with E-state index in [-0.39, 0.29) is 0 Å². The number of hydrogen-bond acceptors (Lipinski definition) is 2. The van der Waals surface area contributed by atoms with Crippen LogP contribution in [-0.2, 0) is 6.61 Å². The molecule has 134 valence electrons. The maximum absolute atomic E-state index is 9.51. The van der Waals surface area contributed by atoms with E-state index in [9.17, 15) is 5.26 Å². The second-order valence-electron chi connectivity index (χ2n) is 6.50. The van der Waals surface area contributed by atoms with Crippen LogP contribution in [0.4, 0.5) is 0 Å². The summed E-state index contributed by atoms with van der Waals surface area (Å²) >= 11 is 3.58. The van der Waals surface area contributed by atoms with Crippen molar-refractivity contribution < 1.29 is 4.74 Å². The van der Waals surface area contributed by atoms with Crippen molar-refractivity contribution in [3.63, 3.8) is 0 Å². The molecule has 0 bridgehead atoms. The highest BCUT2D eigenvalue weighted by Crippen LogP contribution is 2.29. The van der Waals surface area contributed by atoms with Crippen molar-refractivity contribution in [3.05, 3.63) is 99.0 Å². The van der Waals surface area contributed by atoms with E-state index in [4.69, 9.17) is 4.74 Å². The topological polar surface area (TPSA) is 33.0 Å². The van der Waals surface area contributed by atoms with Crippen LogP contribution in [0.1, 0.15) is 27.8 Å². The molecule has 0 aromatic heterocycles. The van der Waals surface area contributed by atoms with E-state index in [1.54, 1.807) is 0 Å². The van der Waals surface area contributed by atoms with Crippen LogP contribution < -0.4 is 4.74 Å². The standard InChI is InChI=1S/C24H20BrNO/c1-17-6-9-21(10-7-17)22(15-26)13-19-8-11-24(23(25)14-19)27-16-20-5-3-4-18(2)12-20/h3-14H,16H2,1-2H3/b22-13-. The van der Waals surface area contributed by atoms with Crippen molar-refractivity contribution in [3.8, 4) is 11.8 Å². The van der Waals surface area contributed by atoms with Crippen LogP contribution in [-0.4, -0.2) is 0 Å². The van der Waals surface area contributed by atoms with Crippen LogP contribution in [0.2, 0.25) is 0 Å². The third-order valence-electron chi connectivity index (χ3n) is 4.23. The van der Waals surface area contributed by atoms with Crippen molar-refractivity contribution in [1.29, 1.82) is 5.26 Å². The van der Waals surface area contributed by atoms with Gasteiger partial charge in [-0.2, -0.15) is 5.26 Å². The van der Waals surface area contributed by atoms with Gasteiger partial charge in [-0.15, -0.1) is 0 Å². The van der Waals surface area contributed by atoms with Crippen LogP contribution in [0.15, 0.2) is 71.2 Å². The summed E-state index contributed by atoms with van der Waals surface area (Å²) < 4.78 is 6.80. The first-order valence-electron chi connectivity index (χ1n) is 8.72. The van der Waals surface area contributed by atoms with Crippen molar-refractivity contribution in [2.45, 2.75) is 20.5 Å². The fourth-order valence-corrected chi connectivity index (χ4v) is 3.28. The number of halogens is 1. The molecule has 0 aliphatic rings. The first-order chi connectivity index (χ1) is 13.0. The summed E-state index contributed by atoms with van der Waals surface area (Å²) in [5.41, 5.74) is 6.03. The van der Waals surface area contributed by atoms with Gasteiger partial charge in [-0.3, -0.25) is 0 Å². The van der Waals surface area contributed by atoms with Gasteiger partial charge >= 0.3 is 0 Å². The van der Waals surface area contributed by atoms with Crippen LogP contribution in [0.25, 0.3) is 11.6 Å². The molecule has 3 aromatic carbocycles. The molecule has 0 saturated carbocycles. The Labute approximate surface area is 168 Å². The summed E-state index contributed by atoms with van der Waals surface area (Å²) in [7, 11) is 0. The average molecular weight is 418 g/mol. The molecule has 0 atom stereocenters. The summed E-state index contributed by atoms with van der Waals surface area (Å²) in [5.74, 6) is 0.780. The van der Waals surface area contributed by atoms with E-state index in [1.807, 2.05) is 61.5 Å². The van der Waals surface area contributed by atoms with Gasteiger partial charge in [0.05, 0.1) is 16.1 Å². The number of aryl methyl sites for hydroxylation is 2. The Kier molecular flexibility index (Phi) is 6.11. The third kappa shape index (κ3) is 5.09. The SMILES string of the molecule is Cc1ccc(/C(C#N)=C\c2ccc(OCc3cccc(C)c3)c(Br)c2)cc1. The summed E-state index contributed by atoms with van der Waals surface area (Å²) in [6, 6.07) is 24.4. The molecule has 27 heavy (non-hydrogen) atoms. The monoisotopic (exact) mass is 417 g/mol. The maximum Gasteiger partial charge on any atom is 0.134 e. The first-order valence-corrected chi connectivity index (χ1v) is 9.51. The zero-order valence-electron chi connectivity index (χ0n) is 15.4. The first kappa shape index (κ1) is 18.9. The molecule has 0 N–H and O–H groups in total. The second-order valence-corrected chi connectivity index (χ2v) is 7.36. The van der Waals surface area contributed by atoms with Crippen molar-refractivity contribution in [2.24, 2.45) is 0 Å². The van der Waals surface area contributed by atoms with Crippen molar-refractivity contribution >= 4 is 27.6 Å². The highest BCUT2D eigenvalue weighted by atomic mass is 79.9. The van der Waals surface area contributed by atoms with Gasteiger partial charge in [0, 0.05) is 0 Å². The van der Waals surface area contributed by atoms with E-state index < -0.39 is 0 Å². The lowest BCUT2D eigenvalue weighted by Gasteiger charge is -2.10. The predicted octanol–water partition coefficient (Wildman–Crippen LogP) is 6.71. The third-order valence-corrected chi connectivity index (χ3v) is 4.85. The Hall–Kier alpha value is -2.83. The lowest BCUT2D eigenvalue weighted by atomic mass is 10.0. The van der Waals surface area contributed by atoms with Crippen LogP contribution >= 0.6 is 15.9 Å². The Bertz CT molecular complexity index is 1010. The zero-order chi connectivity index (χ0) is 19.2. The maximum atomic E-state index is 9.51. The molecule has 0 aliphatic carbocycles. The molecule has 0 spiro atoms. The molecule has 3 rings (SSSR count). The van der Waals surface area contributed by atoms with Gasteiger partial charge in [0.25, 0.3) is 0 Å². The highest BCUT2D eigenvalue weighted by Gasteiger charge is 2.05. The van der Waals surface area contributed by atoms with Gasteiger partial charge < -0.3 is 4.74 Å². The molecule has 3 heteroatoms. The Morgan fingerprint density at radius 1 is 1.00 bits per heavy atom. The van der Waals surface area contributed by atoms with Gasteiger partial charge in [0.2, 0.25) is 0 Å². The molecule has 0 amide bonds. The van der Waals surface area contributed by atoms with Gasteiger partial charge in [0.15, 0.2) is 0 Å². The number of nitrogens with zero attached hydrogens (tertiary/aromatic N) is 1. The largest absolute Gasteiger partial charge is 0.488 e. The number of ether oxygens (including phenoxy) is 1. The molecule has 0 unspecified atom stereocenters. The van der Waals surface area contributed by atoms with Crippen LogP contribution in [0, 0.1) is 25.2 Å².